The molecule has 1 heterocycles. The lowest BCUT2D eigenvalue weighted by atomic mass is 9.91. The smallest absolute Gasteiger partial charge is 0.309 e. The Hall–Kier alpha value is -1.98. The fourth-order valence-corrected chi connectivity index (χ4v) is 2.85. The van der Waals surface area contributed by atoms with Gasteiger partial charge in [0.15, 0.2) is 11.6 Å². The summed E-state index contributed by atoms with van der Waals surface area (Å²) in [5.74, 6) is -4.80. The van der Waals surface area contributed by atoms with Crippen molar-refractivity contribution in [3.8, 4) is 0 Å². The first-order chi connectivity index (χ1) is 9.64. The van der Waals surface area contributed by atoms with E-state index in [0.29, 0.717) is 0 Å². The van der Waals surface area contributed by atoms with Crippen LogP contribution in [0.15, 0.2) is 18.2 Å². The molecule has 0 aromatic heterocycles. The number of likely N-dealkylation sites (tertiary alicyclic amines) is 1. The zero-order chi connectivity index (χ0) is 15.9. The molecule has 114 valence electrons. The molecule has 2 atom stereocenters. The number of halogens is 2. The van der Waals surface area contributed by atoms with Gasteiger partial charge in [-0.25, -0.2) is 8.78 Å². The van der Waals surface area contributed by atoms with Crippen LogP contribution in [0.4, 0.5) is 8.78 Å². The fraction of sp³-hybridized carbons (Fsp3) is 0.467. The average molecular weight is 297 g/mol. The molecular weight excluding hydrogens is 280 g/mol. The molecule has 1 N–H and O–H groups in total. The van der Waals surface area contributed by atoms with Gasteiger partial charge in [0.25, 0.3) is 0 Å². The van der Waals surface area contributed by atoms with Gasteiger partial charge in [-0.15, -0.1) is 0 Å². The van der Waals surface area contributed by atoms with E-state index in [1.807, 2.05) is 0 Å². The van der Waals surface area contributed by atoms with Gasteiger partial charge in [-0.1, -0.05) is 12.1 Å². The summed E-state index contributed by atoms with van der Waals surface area (Å²) in [5, 5.41) is 9.31. The third-order valence-corrected chi connectivity index (χ3v) is 3.66. The fourth-order valence-electron chi connectivity index (χ4n) is 2.85. The minimum atomic E-state index is -1.19. The molecule has 4 nitrogen and oxygen atoms in total. The molecule has 1 saturated heterocycles. The monoisotopic (exact) mass is 297 g/mol. The summed E-state index contributed by atoms with van der Waals surface area (Å²) in [4.78, 5) is 24.9. The molecule has 1 fully saturated rings. The minimum absolute atomic E-state index is 0.0943. The number of carbonyl (C=O) groups is 2. The highest BCUT2D eigenvalue weighted by molar-refractivity contribution is 5.88. The molecule has 0 spiro atoms. The number of carboxylic acid groups (broad SMARTS) is 1. The van der Waals surface area contributed by atoms with Gasteiger partial charge in [0, 0.05) is 17.5 Å². The standard InChI is InChI=1S/C15H17F2NO3/c1-15(2,3)18-11(19)7-9(14(20)21)13(18)8-5-4-6-10(16)12(8)17/h4-6,9,13H,7H2,1-3H3,(H,20,21). The van der Waals surface area contributed by atoms with Gasteiger partial charge in [-0.05, 0) is 26.8 Å². The quantitative estimate of drug-likeness (QED) is 0.913. The van der Waals surface area contributed by atoms with Crippen LogP contribution in [0, 0.1) is 17.6 Å². The van der Waals surface area contributed by atoms with Crippen LogP contribution in [0.5, 0.6) is 0 Å². The Labute approximate surface area is 121 Å². The Morgan fingerprint density at radius 3 is 2.48 bits per heavy atom. The first-order valence-corrected chi connectivity index (χ1v) is 6.63. The molecule has 0 bridgehead atoms. The Morgan fingerprint density at radius 2 is 1.95 bits per heavy atom. The van der Waals surface area contributed by atoms with Crippen LogP contribution >= 0.6 is 0 Å². The molecular formula is C15H17F2NO3. The van der Waals surface area contributed by atoms with E-state index in [1.54, 1.807) is 20.8 Å². The maximum Gasteiger partial charge on any atom is 0.309 e. The van der Waals surface area contributed by atoms with Crippen LogP contribution in [-0.4, -0.2) is 27.4 Å². The molecule has 1 aliphatic rings. The first kappa shape index (κ1) is 15.4. The highest BCUT2D eigenvalue weighted by atomic mass is 19.2. The lowest BCUT2D eigenvalue weighted by Gasteiger charge is -2.38. The van der Waals surface area contributed by atoms with E-state index < -0.39 is 35.1 Å². The molecule has 1 amide bonds. The van der Waals surface area contributed by atoms with Gasteiger partial charge < -0.3 is 10.0 Å². The van der Waals surface area contributed by atoms with Crippen molar-refractivity contribution in [3.05, 3.63) is 35.4 Å². The summed E-state index contributed by atoms with van der Waals surface area (Å²) in [6.45, 7) is 5.21. The first-order valence-electron chi connectivity index (χ1n) is 6.63. The van der Waals surface area contributed by atoms with Crippen molar-refractivity contribution in [2.45, 2.75) is 38.8 Å². The van der Waals surface area contributed by atoms with Crippen LogP contribution in [0.1, 0.15) is 38.8 Å². The Morgan fingerprint density at radius 1 is 1.33 bits per heavy atom. The summed E-state index contributed by atoms with van der Waals surface area (Å²) in [6.07, 6.45) is -0.215. The highest BCUT2D eigenvalue weighted by Crippen LogP contribution is 2.43. The second-order valence-electron chi connectivity index (χ2n) is 6.17. The Kier molecular flexibility index (Phi) is 3.74. The normalized spacial score (nSPS) is 22.7. The van der Waals surface area contributed by atoms with Crippen LogP contribution < -0.4 is 0 Å². The van der Waals surface area contributed by atoms with Crippen molar-refractivity contribution in [2.75, 3.05) is 0 Å². The molecule has 1 aromatic rings. The van der Waals surface area contributed by atoms with Crippen molar-refractivity contribution in [1.29, 1.82) is 0 Å². The van der Waals surface area contributed by atoms with Crippen molar-refractivity contribution in [2.24, 2.45) is 5.92 Å². The summed E-state index contributed by atoms with van der Waals surface area (Å²) in [6, 6.07) is 2.60. The number of aliphatic carboxylic acids is 1. The third kappa shape index (κ3) is 2.62. The van der Waals surface area contributed by atoms with E-state index in [1.165, 1.54) is 17.0 Å². The zero-order valence-corrected chi connectivity index (χ0v) is 12.1. The van der Waals surface area contributed by atoms with Gasteiger partial charge in [0.2, 0.25) is 5.91 Å². The molecule has 1 aliphatic heterocycles. The number of hydrogen-bond donors (Lipinski definition) is 1. The number of amides is 1. The second kappa shape index (κ2) is 5.09. The van der Waals surface area contributed by atoms with E-state index in [4.69, 9.17) is 0 Å². The number of nitrogens with zero attached hydrogens (tertiary/aromatic N) is 1. The zero-order valence-electron chi connectivity index (χ0n) is 12.1. The lowest BCUT2D eigenvalue weighted by Crippen LogP contribution is -2.44. The SMILES string of the molecule is CC(C)(C)N1C(=O)CC(C(=O)O)C1c1cccc(F)c1F. The topological polar surface area (TPSA) is 57.6 Å². The highest BCUT2D eigenvalue weighted by Gasteiger charge is 2.49. The number of carboxylic acids is 1. The van der Waals surface area contributed by atoms with Crippen molar-refractivity contribution < 1.29 is 23.5 Å². The summed E-state index contributed by atoms with van der Waals surface area (Å²) < 4.78 is 27.5. The van der Waals surface area contributed by atoms with E-state index in [2.05, 4.69) is 0 Å². The third-order valence-electron chi connectivity index (χ3n) is 3.66. The number of benzene rings is 1. The maximum absolute atomic E-state index is 14.1. The van der Waals surface area contributed by atoms with Crippen LogP contribution in [0.25, 0.3) is 0 Å². The molecule has 0 radical (unpaired) electrons. The summed E-state index contributed by atoms with van der Waals surface area (Å²) >= 11 is 0. The molecule has 2 unspecified atom stereocenters. The van der Waals surface area contributed by atoms with Crippen molar-refractivity contribution >= 4 is 11.9 Å². The predicted molar refractivity (Wildman–Crippen MR) is 71.4 cm³/mol. The van der Waals surface area contributed by atoms with Gasteiger partial charge >= 0.3 is 5.97 Å². The van der Waals surface area contributed by atoms with Crippen molar-refractivity contribution in [1.82, 2.24) is 4.90 Å². The van der Waals surface area contributed by atoms with Gasteiger partial charge in [-0.2, -0.15) is 0 Å². The van der Waals surface area contributed by atoms with E-state index in [0.717, 1.165) is 6.07 Å². The van der Waals surface area contributed by atoms with Crippen LogP contribution in [-0.2, 0) is 9.59 Å². The average Bonchev–Trinajstić information content (AvgIpc) is 2.70. The van der Waals surface area contributed by atoms with E-state index in [-0.39, 0.29) is 17.9 Å². The molecule has 0 aliphatic carbocycles. The number of rotatable bonds is 2. The number of hydrogen-bond acceptors (Lipinski definition) is 2. The molecule has 0 saturated carbocycles. The van der Waals surface area contributed by atoms with Crippen LogP contribution in [0.2, 0.25) is 0 Å². The largest absolute Gasteiger partial charge is 0.481 e. The second-order valence-corrected chi connectivity index (χ2v) is 6.17. The van der Waals surface area contributed by atoms with Gasteiger partial charge in [0.1, 0.15) is 0 Å². The van der Waals surface area contributed by atoms with E-state index >= 15 is 0 Å². The summed E-state index contributed by atoms with van der Waals surface area (Å²) in [5.41, 5.74) is -0.784. The molecule has 2 rings (SSSR count). The number of carbonyl (C=O) groups excluding carboxylic acids is 1. The van der Waals surface area contributed by atoms with E-state index in [9.17, 15) is 23.5 Å². The van der Waals surface area contributed by atoms with Gasteiger partial charge in [-0.3, -0.25) is 9.59 Å². The summed E-state index contributed by atoms with van der Waals surface area (Å²) in [7, 11) is 0. The molecule has 6 heteroatoms. The molecule has 1 aromatic carbocycles. The lowest BCUT2D eigenvalue weighted by molar-refractivity contribution is -0.143. The predicted octanol–water partition coefficient (Wildman–Crippen LogP) is 2.74. The Bertz CT molecular complexity index is 595. The van der Waals surface area contributed by atoms with Gasteiger partial charge in [0.05, 0.1) is 12.0 Å². The van der Waals surface area contributed by atoms with Crippen molar-refractivity contribution in [3.63, 3.8) is 0 Å². The maximum atomic E-state index is 14.1. The molecule has 21 heavy (non-hydrogen) atoms. The van der Waals surface area contributed by atoms with Crippen LogP contribution in [0.3, 0.4) is 0 Å². The minimum Gasteiger partial charge on any atom is -0.481 e. The Balaban J connectivity index is 2.60.